The van der Waals surface area contributed by atoms with Crippen molar-refractivity contribution in [3.63, 3.8) is 0 Å². The number of hydrogen-bond acceptors (Lipinski definition) is 2. The lowest BCUT2D eigenvalue weighted by atomic mass is 9.62. The Morgan fingerprint density at radius 3 is 2.67 bits per heavy atom. The van der Waals surface area contributed by atoms with E-state index < -0.39 is 0 Å². The van der Waals surface area contributed by atoms with Crippen LogP contribution in [0.15, 0.2) is 30.3 Å². The van der Waals surface area contributed by atoms with Crippen LogP contribution in [0.1, 0.15) is 37.4 Å². The standard InChI is InChI=1S/C16H18ClN3O/c1-11(21)18-15-10-14(19-20(15)2)16(8-5-9-16)12-6-3-4-7-13(12)17/h3-4,6-7,10H,5,8-9H2,1-2H3,(H,18,21). The van der Waals surface area contributed by atoms with E-state index in [1.165, 1.54) is 6.92 Å². The average Bonchev–Trinajstić information content (AvgIpc) is 2.71. The van der Waals surface area contributed by atoms with Crippen molar-refractivity contribution < 1.29 is 4.79 Å². The van der Waals surface area contributed by atoms with E-state index in [1.807, 2.05) is 31.3 Å². The van der Waals surface area contributed by atoms with Crippen LogP contribution in [0, 0.1) is 0 Å². The molecule has 2 aromatic rings. The van der Waals surface area contributed by atoms with E-state index in [0.29, 0.717) is 0 Å². The second kappa shape index (κ2) is 5.19. The highest BCUT2D eigenvalue weighted by molar-refractivity contribution is 6.31. The van der Waals surface area contributed by atoms with Crippen molar-refractivity contribution in [3.05, 3.63) is 46.6 Å². The predicted molar refractivity (Wildman–Crippen MR) is 83.6 cm³/mol. The number of hydrogen-bond donors (Lipinski definition) is 1. The van der Waals surface area contributed by atoms with Gasteiger partial charge in [-0.2, -0.15) is 5.10 Å². The van der Waals surface area contributed by atoms with Gasteiger partial charge in [-0.25, -0.2) is 0 Å². The lowest BCUT2D eigenvalue weighted by Crippen LogP contribution is -2.36. The van der Waals surface area contributed by atoms with Gasteiger partial charge in [0.15, 0.2) is 0 Å². The Hall–Kier alpha value is -1.81. The second-order valence-corrected chi connectivity index (χ2v) is 6.04. The number of nitrogens with zero attached hydrogens (tertiary/aromatic N) is 2. The maximum Gasteiger partial charge on any atom is 0.222 e. The van der Waals surface area contributed by atoms with E-state index in [9.17, 15) is 4.79 Å². The van der Waals surface area contributed by atoms with Gasteiger partial charge in [0.2, 0.25) is 5.91 Å². The SMILES string of the molecule is CC(=O)Nc1cc(C2(c3ccccc3Cl)CCC2)nn1C. The Balaban J connectivity index is 2.05. The molecule has 3 rings (SSSR count). The van der Waals surface area contributed by atoms with Crippen molar-refractivity contribution in [2.75, 3.05) is 5.32 Å². The Kier molecular flexibility index (Phi) is 3.49. The van der Waals surface area contributed by atoms with Crippen molar-refractivity contribution in [1.29, 1.82) is 0 Å². The second-order valence-electron chi connectivity index (χ2n) is 5.64. The number of amides is 1. The first kappa shape index (κ1) is 14.1. The molecule has 1 aromatic carbocycles. The van der Waals surface area contributed by atoms with Gasteiger partial charge in [0, 0.05) is 30.5 Å². The maximum atomic E-state index is 11.3. The number of halogens is 1. The van der Waals surface area contributed by atoms with Crippen LogP contribution in [0.4, 0.5) is 5.82 Å². The zero-order valence-electron chi connectivity index (χ0n) is 12.2. The molecule has 1 aliphatic carbocycles. The number of aryl methyl sites for hydroxylation is 1. The smallest absolute Gasteiger partial charge is 0.222 e. The fraction of sp³-hybridized carbons (Fsp3) is 0.375. The Morgan fingerprint density at radius 1 is 1.38 bits per heavy atom. The molecular formula is C16H18ClN3O. The van der Waals surface area contributed by atoms with E-state index in [0.717, 1.165) is 41.4 Å². The van der Waals surface area contributed by atoms with Crippen LogP contribution in [-0.2, 0) is 17.3 Å². The highest BCUT2D eigenvalue weighted by atomic mass is 35.5. The van der Waals surface area contributed by atoms with Crippen LogP contribution in [-0.4, -0.2) is 15.7 Å². The maximum absolute atomic E-state index is 11.3. The van der Waals surface area contributed by atoms with E-state index in [1.54, 1.807) is 4.68 Å². The molecule has 1 fully saturated rings. The molecule has 0 unspecified atom stereocenters. The van der Waals surface area contributed by atoms with Gasteiger partial charge in [0.25, 0.3) is 0 Å². The Bertz CT molecular complexity index is 689. The third-order valence-corrected chi connectivity index (χ3v) is 4.60. The summed E-state index contributed by atoms with van der Waals surface area (Å²) in [5, 5.41) is 8.21. The van der Waals surface area contributed by atoms with Crippen molar-refractivity contribution in [1.82, 2.24) is 9.78 Å². The summed E-state index contributed by atoms with van der Waals surface area (Å²) in [4.78, 5) is 11.3. The average molecular weight is 304 g/mol. The van der Waals surface area contributed by atoms with Gasteiger partial charge in [-0.15, -0.1) is 0 Å². The Labute approximate surface area is 129 Å². The third-order valence-electron chi connectivity index (χ3n) is 4.27. The predicted octanol–water partition coefficient (Wildman–Crippen LogP) is 3.50. The molecule has 0 saturated heterocycles. The molecule has 0 bridgehead atoms. The van der Waals surface area contributed by atoms with Crippen LogP contribution in [0.2, 0.25) is 5.02 Å². The van der Waals surface area contributed by atoms with Crippen LogP contribution in [0.25, 0.3) is 0 Å². The molecule has 0 atom stereocenters. The van der Waals surface area contributed by atoms with E-state index in [2.05, 4.69) is 16.5 Å². The zero-order valence-corrected chi connectivity index (χ0v) is 12.9. The summed E-state index contributed by atoms with van der Waals surface area (Å²) in [6.45, 7) is 1.50. The number of benzene rings is 1. The van der Waals surface area contributed by atoms with Crippen LogP contribution < -0.4 is 5.32 Å². The topological polar surface area (TPSA) is 46.9 Å². The Morgan fingerprint density at radius 2 is 2.10 bits per heavy atom. The van der Waals surface area contributed by atoms with E-state index in [-0.39, 0.29) is 11.3 Å². The fourth-order valence-corrected chi connectivity index (χ4v) is 3.36. The summed E-state index contributed by atoms with van der Waals surface area (Å²) < 4.78 is 1.72. The summed E-state index contributed by atoms with van der Waals surface area (Å²) in [5.74, 6) is 0.626. The highest BCUT2D eigenvalue weighted by Crippen LogP contribution is 2.50. The van der Waals surface area contributed by atoms with Crippen molar-refractivity contribution in [3.8, 4) is 0 Å². The van der Waals surface area contributed by atoms with Gasteiger partial charge < -0.3 is 5.32 Å². The first-order valence-corrected chi connectivity index (χ1v) is 7.48. The van der Waals surface area contributed by atoms with Crippen LogP contribution in [0.3, 0.4) is 0 Å². The van der Waals surface area contributed by atoms with Gasteiger partial charge in [-0.05, 0) is 24.5 Å². The first-order chi connectivity index (χ1) is 10.0. The molecule has 0 spiro atoms. The molecule has 110 valence electrons. The molecule has 1 amide bonds. The number of aromatic nitrogens is 2. The van der Waals surface area contributed by atoms with Crippen LogP contribution >= 0.6 is 11.6 Å². The molecule has 1 aromatic heterocycles. The van der Waals surface area contributed by atoms with Crippen LogP contribution in [0.5, 0.6) is 0 Å². The minimum absolute atomic E-state index is 0.0926. The van der Waals surface area contributed by atoms with Gasteiger partial charge in [0.1, 0.15) is 5.82 Å². The lowest BCUT2D eigenvalue weighted by Gasteiger charge is -2.41. The van der Waals surface area contributed by atoms with E-state index >= 15 is 0 Å². The zero-order chi connectivity index (χ0) is 15.0. The quantitative estimate of drug-likeness (QED) is 0.943. The van der Waals surface area contributed by atoms with Gasteiger partial charge in [0.05, 0.1) is 5.69 Å². The monoisotopic (exact) mass is 303 g/mol. The normalized spacial score (nSPS) is 16.3. The third kappa shape index (κ3) is 2.33. The summed E-state index contributed by atoms with van der Waals surface area (Å²) in [6.07, 6.45) is 3.23. The lowest BCUT2D eigenvalue weighted by molar-refractivity contribution is -0.114. The molecule has 1 heterocycles. The van der Waals surface area contributed by atoms with Crippen molar-refractivity contribution in [2.24, 2.45) is 7.05 Å². The van der Waals surface area contributed by atoms with Crippen molar-refractivity contribution in [2.45, 2.75) is 31.6 Å². The van der Waals surface area contributed by atoms with E-state index in [4.69, 9.17) is 11.6 Å². The first-order valence-electron chi connectivity index (χ1n) is 7.10. The molecule has 21 heavy (non-hydrogen) atoms. The van der Waals surface area contributed by atoms with Gasteiger partial charge in [-0.1, -0.05) is 36.2 Å². The number of rotatable bonds is 3. The number of nitrogens with one attached hydrogen (secondary N) is 1. The summed E-state index contributed by atoms with van der Waals surface area (Å²) in [5.41, 5.74) is 1.99. The summed E-state index contributed by atoms with van der Waals surface area (Å²) in [7, 11) is 1.84. The molecule has 4 nitrogen and oxygen atoms in total. The molecular weight excluding hydrogens is 286 g/mol. The molecule has 0 radical (unpaired) electrons. The molecule has 5 heteroatoms. The molecule has 1 saturated carbocycles. The van der Waals surface area contributed by atoms with Gasteiger partial charge >= 0.3 is 0 Å². The number of carbonyl (C=O) groups excluding carboxylic acids is 1. The molecule has 0 aliphatic heterocycles. The number of anilines is 1. The minimum Gasteiger partial charge on any atom is -0.311 e. The fourth-order valence-electron chi connectivity index (χ4n) is 3.04. The van der Waals surface area contributed by atoms with Crippen molar-refractivity contribution >= 4 is 23.3 Å². The molecule has 1 aliphatic rings. The number of carbonyl (C=O) groups is 1. The highest BCUT2D eigenvalue weighted by Gasteiger charge is 2.43. The minimum atomic E-state index is -0.118. The van der Waals surface area contributed by atoms with Gasteiger partial charge in [-0.3, -0.25) is 9.48 Å². The largest absolute Gasteiger partial charge is 0.311 e. The summed E-state index contributed by atoms with van der Waals surface area (Å²) >= 11 is 6.40. The summed E-state index contributed by atoms with van der Waals surface area (Å²) in [6, 6.07) is 9.92. The molecule has 1 N–H and O–H groups in total.